The van der Waals surface area contributed by atoms with E-state index in [9.17, 15) is 4.79 Å². The SMILES string of the molecule is CC(CCO)CNC(=O)NC(C)C(C)(C)CN(C)C. The van der Waals surface area contributed by atoms with Gasteiger partial charge in [0.1, 0.15) is 0 Å². The number of hydrogen-bond acceptors (Lipinski definition) is 3. The van der Waals surface area contributed by atoms with E-state index in [2.05, 4.69) is 29.4 Å². The van der Waals surface area contributed by atoms with Crippen LogP contribution >= 0.6 is 0 Å². The lowest BCUT2D eigenvalue weighted by atomic mass is 9.85. The standard InChI is InChI=1S/C14H31N3O2/c1-11(7-8-18)9-15-13(19)16-12(2)14(3,4)10-17(5)6/h11-12,18H,7-10H2,1-6H3,(H2,15,16,19). The fourth-order valence-corrected chi connectivity index (χ4v) is 1.98. The summed E-state index contributed by atoms with van der Waals surface area (Å²) in [6.07, 6.45) is 0.710. The molecule has 2 atom stereocenters. The molecule has 2 unspecified atom stereocenters. The first-order valence-electron chi connectivity index (χ1n) is 6.99. The molecule has 5 nitrogen and oxygen atoms in total. The number of urea groups is 1. The monoisotopic (exact) mass is 273 g/mol. The van der Waals surface area contributed by atoms with Crippen LogP contribution in [0.1, 0.15) is 34.1 Å². The first-order chi connectivity index (χ1) is 8.69. The highest BCUT2D eigenvalue weighted by Crippen LogP contribution is 2.20. The van der Waals surface area contributed by atoms with Crippen LogP contribution in [-0.4, -0.2) is 55.9 Å². The van der Waals surface area contributed by atoms with E-state index in [0.29, 0.717) is 18.9 Å². The largest absolute Gasteiger partial charge is 0.396 e. The van der Waals surface area contributed by atoms with E-state index in [0.717, 1.165) is 6.54 Å². The first-order valence-corrected chi connectivity index (χ1v) is 6.99. The van der Waals surface area contributed by atoms with Crippen molar-refractivity contribution in [3.63, 3.8) is 0 Å². The first kappa shape index (κ1) is 18.2. The minimum absolute atomic E-state index is 0.0115. The maximum absolute atomic E-state index is 11.8. The smallest absolute Gasteiger partial charge is 0.315 e. The van der Waals surface area contributed by atoms with Gasteiger partial charge in [0.15, 0.2) is 0 Å². The number of amides is 2. The Kier molecular flexibility index (Phi) is 8.02. The van der Waals surface area contributed by atoms with Crippen molar-refractivity contribution >= 4 is 6.03 Å². The van der Waals surface area contributed by atoms with Gasteiger partial charge in [0.25, 0.3) is 0 Å². The van der Waals surface area contributed by atoms with Gasteiger partial charge in [-0.15, -0.1) is 0 Å². The number of nitrogens with zero attached hydrogens (tertiary/aromatic N) is 1. The van der Waals surface area contributed by atoms with Gasteiger partial charge in [0.2, 0.25) is 0 Å². The lowest BCUT2D eigenvalue weighted by molar-refractivity contribution is 0.178. The van der Waals surface area contributed by atoms with Crippen LogP contribution in [0.25, 0.3) is 0 Å². The van der Waals surface area contributed by atoms with Crippen molar-refractivity contribution in [2.75, 3.05) is 33.8 Å². The number of rotatable bonds is 8. The second kappa shape index (κ2) is 8.38. The Hall–Kier alpha value is -0.810. The molecule has 0 radical (unpaired) electrons. The Morgan fingerprint density at radius 3 is 2.37 bits per heavy atom. The molecule has 114 valence electrons. The van der Waals surface area contributed by atoms with Crippen molar-refractivity contribution in [1.82, 2.24) is 15.5 Å². The molecule has 0 bridgehead atoms. The summed E-state index contributed by atoms with van der Waals surface area (Å²) in [6, 6.07) is -0.0489. The minimum atomic E-state index is -0.135. The maximum atomic E-state index is 11.8. The molecule has 0 heterocycles. The Balaban J connectivity index is 4.11. The van der Waals surface area contributed by atoms with Crippen molar-refractivity contribution in [2.24, 2.45) is 11.3 Å². The summed E-state index contributed by atoms with van der Waals surface area (Å²) in [6.45, 7) is 9.99. The van der Waals surface area contributed by atoms with Crippen molar-refractivity contribution in [3.05, 3.63) is 0 Å². The average Bonchev–Trinajstić information content (AvgIpc) is 2.25. The quantitative estimate of drug-likeness (QED) is 0.624. The molecular weight excluding hydrogens is 242 g/mol. The topological polar surface area (TPSA) is 64.6 Å². The zero-order valence-electron chi connectivity index (χ0n) is 13.3. The third-order valence-electron chi connectivity index (χ3n) is 3.48. The van der Waals surface area contributed by atoms with Crippen molar-refractivity contribution in [3.8, 4) is 0 Å². The Bertz CT molecular complexity index is 267. The molecule has 0 fully saturated rings. The minimum Gasteiger partial charge on any atom is -0.396 e. The number of carbonyl (C=O) groups excluding carboxylic acids is 1. The fraction of sp³-hybridized carbons (Fsp3) is 0.929. The number of hydrogen-bond donors (Lipinski definition) is 3. The van der Waals surface area contributed by atoms with Gasteiger partial charge in [-0.2, -0.15) is 0 Å². The second-order valence-corrected chi connectivity index (χ2v) is 6.42. The molecule has 3 N–H and O–H groups in total. The molecule has 0 rings (SSSR count). The summed E-state index contributed by atoms with van der Waals surface area (Å²) < 4.78 is 0. The average molecular weight is 273 g/mol. The predicted octanol–water partition coefficient (Wildman–Crippen LogP) is 1.28. The van der Waals surface area contributed by atoms with Crippen molar-refractivity contribution in [1.29, 1.82) is 0 Å². The molecule has 0 aromatic carbocycles. The van der Waals surface area contributed by atoms with Gasteiger partial charge in [0.05, 0.1) is 0 Å². The Morgan fingerprint density at radius 2 is 1.89 bits per heavy atom. The zero-order valence-corrected chi connectivity index (χ0v) is 13.3. The Labute approximate surface area is 117 Å². The molecule has 0 aromatic heterocycles. The molecular formula is C14H31N3O2. The van der Waals surface area contributed by atoms with E-state index in [-0.39, 0.29) is 24.1 Å². The van der Waals surface area contributed by atoms with Crippen LogP contribution in [0.15, 0.2) is 0 Å². The van der Waals surface area contributed by atoms with Crippen LogP contribution in [-0.2, 0) is 0 Å². The highest BCUT2D eigenvalue weighted by molar-refractivity contribution is 5.74. The molecule has 0 aliphatic rings. The molecule has 0 spiro atoms. The van der Waals surface area contributed by atoms with E-state index >= 15 is 0 Å². The summed E-state index contributed by atoms with van der Waals surface area (Å²) in [5.74, 6) is 0.292. The highest BCUT2D eigenvalue weighted by Gasteiger charge is 2.27. The molecule has 19 heavy (non-hydrogen) atoms. The summed E-state index contributed by atoms with van der Waals surface area (Å²) >= 11 is 0. The van der Waals surface area contributed by atoms with E-state index in [1.54, 1.807) is 0 Å². The second-order valence-electron chi connectivity index (χ2n) is 6.42. The zero-order chi connectivity index (χ0) is 15.1. The summed E-state index contributed by atoms with van der Waals surface area (Å²) in [5, 5.41) is 14.6. The number of carbonyl (C=O) groups is 1. The predicted molar refractivity (Wildman–Crippen MR) is 79.2 cm³/mol. The van der Waals surface area contributed by atoms with E-state index in [1.807, 2.05) is 27.9 Å². The molecule has 0 aliphatic heterocycles. The van der Waals surface area contributed by atoms with Crippen LogP contribution in [0.4, 0.5) is 4.79 Å². The van der Waals surface area contributed by atoms with Gasteiger partial charge in [-0.1, -0.05) is 20.8 Å². The van der Waals surface area contributed by atoms with Gasteiger partial charge in [-0.25, -0.2) is 4.79 Å². The van der Waals surface area contributed by atoms with Crippen LogP contribution in [0, 0.1) is 11.3 Å². The van der Waals surface area contributed by atoms with Crippen LogP contribution in [0.5, 0.6) is 0 Å². The van der Waals surface area contributed by atoms with E-state index in [1.165, 1.54) is 0 Å². The fourth-order valence-electron chi connectivity index (χ4n) is 1.98. The number of aliphatic hydroxyl groups excluding tert-OH is 1. The van der Waals surface area contributed by atoms with Crippen LogP contribution in [0.3, 0.4) is 0 Å². The van der Waals surface area contributed by atoms with Crippen LogP contribution in [0.2, 0.25) is 0 Å². The van der Waals surface area contributed by atoms with Crippen molar-refractivity contribution < 1.29 is 9.90 Å². The normalized spacial score (nSPS) is 15.2. The van der Waals surface area contributed by atoms with E-state index in [4.69, 9.17) is 5.11 Å². The lowest BCUT2D eigenvalue weighted by Gasteiger charge is -2.34. The molecule has 0 aliphatic carbocycles. The van der Waals surface area contributed by atoms with Gasteiger partial charge in [-0.05, 0) is 38.8 Å². The summed E-state index contributed by atoms with van der Waals surface area (Å²) in [7, 11) is 4.07. The molecule has 2 amide bonds. The van der Waals surface area contributed by atoms with Gasteiger partial charge in [-0.3, -0.25) is 0 Å². The summed E-state index contributed by atoms with van der Waals surface area (Å²) in [4.78, 5) is 13.9. The Morgan fingerprint density at radius 1 is 1.32 bits per heavy atom. The third-order valence-corrected chi connectivity index (χ3v) is 3.48. The van der Waals surface area contributed by atoms with E-state index < -0.39 is 0 Å². The highest BCUT2D eigenvalue weighted by atomic mass is 16.3. The van der Waals surface area contributed by atoms with Crippen LogP contribution < -0.4 is 10.6 Å². The molecule has 0 saturated heterocycles. The molecule has 0 saturated carbocycles. The van der Waals surface area contributed by atoms with Gasteiger partial charge >= 0.3 is 6.03 Å². The number of aliphatic hydroxyl groups is 1. The van der Waals surface area contributed by atoms with Gasteiger partial charge < -0.3 is 20.6 Å². The van der Waals surface area contributed by atoms with Crippen molar-refractivity contribution in [2.45, 2.75) is 40.2 Å². The molecule has 5 heteroatoms. The lowest BCUT2D eigenvalue weighted by Crippen LogP contribution is -2.50. The maximum Gasteiger partial charge on any atom is 0.315 e. The van der Waals surface area contributed by atoms with Gasteiger partial charge in [0, 0.05) is 25.7 Å². The summed E-state index contributed by atoms with van der Waals surface area (Å²) in [5.41, 5.74) is 0.0115. The molecule has 0 aromatic rings. The third kappa shape index (κ3) is 8.06. The number of nitrogens with one attached hydrogen (secondary N) is 2.